The molecule has 1 unspecified atom stereocenters. The molecular formula is C12H11N3O2S2. The highest BCUT2D eigenvalue weighted by Crippen LogP contribution is 2.39. The summed E-state index contributed by atoms with van der Waals surface area (Å²) in [4.78, 5) is 22.8. The average molecular weight is 293 g/mol. The van der Waals surface area contributed by atoms with Gasteiger partial charge >= 0.3 is 0 Å². The highest BCUT2D eigenvalue weighted by molar-refractivity contribution is 8.14. The van der Waals surface area contributed by atoms with E-state index in [1.54, 1.807) is 0 Å². The first kappa shape index (κ1) is 12.6. The SMILES string of the molecule is CSC1C(=O)Nc2ccc(C3=NNC(=O)SC3)cc21. The molecule has 5 nitrogen and oxygen atoms in total. The van der Waals surface area contributed by atoms with E-state index in [0.29, 0.717) is 5.75 Å². The Kier molecular flexibility index (Phi) is 3.24. The van der Waals surface area contributed by atoms with Crippen molar-refractivity contribution in [3.05, 3.63) is 29.3 Å². The van der Waals surface area contributed by atoms with Crippen LogP contribution in [0.3, 0.4) is 0 Å². The fourth-order valence-corrected chi connectivity index (χ4v) is 3.44. The fraction of sp³-hybridized carbons (Fsp3) is 0.250. The Morgan fingerprint density at radius 1 is 1.42 bits per heavy atom. The van der Waals surface area contributed by atoms with Crippen LogP contribution in [-0.2, 0) is 4.79 Å². The first-order valence-electron chi connectivity index (χ1n) is 5.66. The zero-order valence-electron chi connectivity index (χ0n) is 10.1. The van der Waals surface area contributed by atoms with Crippen LogP contribution < -0.4 is 10.7 Å². The highest BCUT2D eigenvalue weighted by atomic mass is 32.2. The molecule has 1 atom stereocenters. The molecule has 0 saturated carbocycles. The number of fused-ring (bicyclic) bond motifs is 1. The molecule has 2 aliphatic rings. The van der Waals surface area contributed by atoms with E-state index < -0.39 is 0 Å². The first-order valence-corrected chi connectivity index (χ1v) is 7.93. The number of amides is 2. The molecular weight excluding hydrogens is 282 g/mol. The summed E-state index contributed by atoms with van der Waals surface area (Å²) in [6.45, 7) is 0. The van der Waals surface area contributed by atoms with E-state index in [2.05, 4.69) is 15.8 Å². The number of hydrogen-bond donors (Lipinski definition) is 2. The molecule has 7 heteroatoms. The van der Waals surface area contributed by atoms with Gasteiger partial charge in [0.05, 0.1) is 5.71 Å². The summed E-state index contributed by atoms with van der Waals surface area (Å²) in [5.74, 6) is 0.573. The van der Waals surface area contributed by atoms with Crippen LogP contribution >= 0.6 is 23.5 Å². The first-order chi connectivity index (χ1) is 9.19. The van der Waals surface area contributed by atoms with Gasteiger partial charge in [0.1, 0.15) is 5.25 Å². The second-order valence-electron chi connectivity index (χ2n) is 4.15. The summed E-state index contributed by atoms with van der Waals surface area (Å²) in [5.41, 5.74) is 6.08. The number of benzene rings is 1. The summed E-state index contributed by atoms with van der Waals surface area (Å²) in [7, 11) is 0. The molecule has 1 aromatic rings. The van der Waals surface area contributed by atoms with Crippen LogP contribution in [0.2, 0.25) is 0 Å². The third-order valence-electron chi connectivity index (χ3n) is 3.02. The van der Waals surface area contributed by atoms with E-state index in [0.717, 1.165) is 22.5 Å². The second kappa shape index (κ2) is 4.90. The predicted octanol–water partition coefficient (Wildman–Crippen LogP) is 2.20. The lowest BCUT2D eigenvalue weighted by atomic mass is 10.1. The van der Waals surface area contributed by atoms with Crippen molar-refractivity contribution in [1.29, 1.82) is 0 Å². The van der Waals surface area contributed by atoms with Gasteiger partial charge in [-0.25, -0.2) is 5.43 Å². The minimum atomic E-state index is -0.165. The molecule has 0 bridgehead atoms. The number of rotatable bonds is 2. The summed E-state index contributed by atoms with van der Waals surface area (Å²) in [5, 5.41) is 6.62. The van der Waals surface area contributed by atoms with E-state index in [4.69, 9.17) is 0 Å². The molecule has 0 fully saturated rings. The summed E-state index contributed by atoms with van der Waals surface area (Å²) in [6, 6.07) is 5.78. The molecule has 2 aliphatic heterocycles. The molecule has 3 rings (SSSR count). The summed E-state index contributed by atoms with van der Waals surface area (Å²) in [6.07, 6.45) is 1.92. The Morgan fingerprint density at radius 2 is 2.26 bits per heavy atom. The predicted molar refractivity (Wildman–Crippen MR) is 78.9 cm³/mol. The number of carbonyl (C=O) groups excluding carboxylic acids is 2. The third kappa shape index (κ3) is 2.23. The van der Waals surface area contributed by atoms with Crippen LogP contribution in [0.25, 0.3) is 0 Å². The van der Waals surface area contributed by atoms with E-state index in [9.17, 15) is 9.59 Å². The van der Waals surface area contributed by atoms with Crippen LogP contribution in [0.15, 0.2) is 23.3 Å². The lowest BCUT2D eigenvalue weighted by Crippen LogP contribution is -2.23. The van der Waals surface area contributed by atoms with Crippen LogP contribution in [0, 0.1) is 0 Å². The lowest BCUT2D eigenvalue weighted by molar-refractivity contribution is -0.115. The van der Waals surface area contributed by atoms with Crippen molar-refractivity contribution < 1.29 is 9.59 Å². The highest BCUT2D eigenvalue weighted by Gasteiger charge is 2.30. The number of anilines is 1. The van der Waals surface area contributed by atoms with Gasteiger partial charge in [-0.1, -0.05) is 17.8 Å². The maximum absolute atomic E-state index is 11.8. The molecule has 2 amide bonds. The zero-order valence-corrected chi connectivity index (χ0v) is 11.7. The molecule has 2 N–H and O–H groups in total. The molecule has 98 valence electrons. The van der Waals surface area contributed by atoms with Gasteiger partial charge < -0.3 is 5.32 Å². The standard InChI is InChI=1S/C12H11N3O2S2/c1-18-10-7-4-6(2-3-8(7)13-11(10)16)9-5-19-12(17)15-14-9/h2-4,10H,5H2,1H3,(H,13,16)(H,15,17). The lowest BCUT2D eigenvalue weighted by Gasteiger charge is -2.13. The Balaban J connectivity index is 1.96. The van der Waals surface area contributed by atoms with E-state index in [-0.39, 0.29) is 16.4 Å². The Hall–Kier alpha value is -1.47. The minimum Gasteiger partial charge on any atom is -0.325 e. The Labute approximate surface area is 118 Å². The second-order valence-corrected chi connectivity index (χ2v) is 6.04. The molecule has 1 aromatic carbocycles. The number of thioether (sulfide) groups is 2. The van der Waals surface area contributed by atoms with Crippen LogP contribution in [0.4, 0.5) is 10.5 Å². The van der Waals surface area contributed by atoms with Crippen LogP contribution in [-0.4, -0.2) is 28.9 Å². The van der Waals surface area contributed by atoms with Crippen molar-refractivity contribution in [2.75, 3.05) is 17.3 Å². The van der Waals surface area contributed by atoms with Gasteiger partial charge in [0.25, 0.3) is 5.24 Å². The third-order valence-corrected chi connectivity index (χ3v) is 4.73. The summed E-state index contributed by atoms with van der Waals surface area (Å²) >= 11 is 2.70. The Bertz CT molecular complexity index is 601. The quantitative estimate of drug-likeness (QED) is 0.877. The number of nitrogens with zero attached hydrogens (tertiary/aromatic N) is 1. The average Bonchev–Trinajstić information content (AvgIpc) is 2.74. The molecule has 0 aromatic heterocycles. The van der Waals surface area contributed by atoms with Gasteiger partial charge in [-0.15, -0.1) is 11.8 Å². The molecule has 19 heavy (non-hydrogen) atoms. The number of carbonyl (C=O) groups is 2. The summed E-state index contributed by atoms with van der Waals surface area (Å²) < 4.78 is 0. The van der Waals surface area contributed by atoms with E-state index >= 15 is 0 Å². The van der Waals surface area contributed by atoms with Crippen molar-refractivity contribution in [3.8, 4) is 0 Å². The maximum Gasteiger partial charge on any atom is 0.299 e. The largest absolute Gasteiger partial charge is 0.325 e. The molecule has 2 heterocycles. The van der Waals surface area contributed by atoms with Crippen molar-refractivity contribution in [1.82, 2.24) is 5.43 Å². The fourth-order valence-electron chi connectivity index (χ4n) is 2.11. The molecule has 0 aliphatic carbocycles. The van der Waals surface area contributed by atoms with Crippen molar-refractivity contribution in [3.63, 3.8) is 0 Å². The van der Waals surface area contributed by atoms with Crippen LogP contribution in [0.5, 0.6) is 0 Å². The molecule has 0 spiro atoms. The number of hydrazone groups is 1. The van der Waals surface area contributed by atoms with Crippen LogP contribution in [0.1, 0.15) is 16.4 Å². The van der Waals surface area contributed by atoms with Gasteiger partial charge in [0, 0.05) is 11.4 Å². The van der Waals surface area contributed by atoms with Gasteiger partial charge in [0.2, 0.25) is 5.91 Å². The van der Waals surface area contributed by atoms with Gasteiger partial charge in [-0.3, -0.25) is 9.59 Å². The number of nitrogens with one attached hydrogen (secondary N) is 2. The normalized spacial score (nSPS) is 21.5. The zero-order chi connectivity index (χ0) is 13.4. The molecule has 0 radical (unpaired) electrons. The minimum absolute atomic E-state index is 0.0212. The topological polar surface area (TPSA) is 70.6 Å². The molecule has 0 saturated heterocycles. The van der Waals surface area contributed by atoms with Crippen molar-refractivity contribution in [2.24, 2.45) is 5.10 Å². The smallest absolute Gasteiger partial charge is 0.299 e. The van der Waals surface area contributed by atoms with E-state index in [1.807, 2.05) is 24.5 Å². The van der Waals surface area contributed by atoms with Crippen molar-refractivity contribution in [2.45, 2.75) is 5.25 Å². The maximum atomic E-state index is 11.8. The van der Waals surface area contributed by atoms with Gasteiger partial charge in [-0.2, -0.15) is 5.10 Å². The van der Waals surface area contributed by atoms with Crippen molar-refractivity contribution >= 4 is 46.1 Å². The Morgan fingerprint density at radius 3 is 2.95 bits per heavy atom. The van der Waals surface area contributed by atoms with E-state index in [1.165, 1.54) is 23.5 Å². The monoisotopic (exact) mass is 293 g/mol. The van der Waals surface area contributed by atoms with Gasteiger partial charge in [-0.05, 0) is 29.5 Å². The van der Waals surface area contributed by atoms with Gasteiger partial charge in [0.15, 0.2) is 0 Å². The number of hydrogen-bond acceptors (Lipinski definition) is 5.